The number of carbonyl (C=O) groups is 1. The van der Waals surface area contributed by atoms with Gasteiger partial charge in [0.15, 0.2) is 5.76 Å². The second kappa shape index (κ2) is 5.76. The molecule has 0 bridgehead atoms. The fourth-order valence-corrected chi connectivity index (χ4v) is 2.82. The number of hydrogen-bond acceptors (Lipinski definition) is 2. The Balaban J connectivity index is 1.77. The first-order valence-corrected chi connectivity index (χ1v) is 7.63. The number of furan rings is 1. The molecular weight excluding hydrogens is 262 g/mol. The van der Waals surface area contributed by atoms with Crippen LogP contribution in [0.5, 0.6) is 0 Å². The van der Waals surface area contributed by atoms with Crippen LogP contribution in [0, 0.1) is 11.8 Å². The maximum absolute atomic E-state index is 12.4. The van der Waals surface area contributed by atoms with E-state index in [0.717, 1.165) is 18.6 Å². The summed E-state index contributed by atoms with van der Waals surface area (Å²) in [6, 6.07) is 13.9. The second-order valence-electron chi connectivity index (χ2n) is 5.86. The van der Waals surface area contributed by atoms with Gasteiger partial charge in [-0.05, 0) is 36.0 Å². The molecule has 1 amide bonds. The van der Waals surface area contributed by atoms with E-state index in [0.29, 0.717) is 17.6 Å². The van der Waals surface area contributed by atoms with Crippen LogP contribution in [-0.4, -0.2) is 5.91 Å². The molecule has 1 aromatic heterocycles. The zero-order valence-electron chi connectivity index (χ0n) is 12.5. The van der Waals surface area contributed by atoms with Crippen LogP contribution in [0.25, 0.3) is 0 Å². The number of benzene rings is 1. The molecule has 3 rings (SSSR count). The molecule has 2 aromatic rings. The third-order valence-electron chi connectivity index (χ3n) is 4.28. The van der Waals surface area contributed by atoms with Gasteiger partial charge in [0.05, 0.1) is 6.04 Å². The van der Waals surface area contributed by atoms with Crippen molar-refractivity contribution in [2.75, 3.05) is 0 Å². The summed E-state index contributed by atoms with van der Waals surface area (Å²) in [4.78, 5) is 12.4. The van der Waals surface area contributed by atoms with E-state index in [1.54, 1.807) is 6.07 Å². The van der Waals surface area contributed by atoms with Crippen molar-refractivity contribution < 1.29 is 9.21 Å². The molecule has 3 atom stereocenters. The van der Waals surface area contributed by atoms with Crippen LogP contribution in [0.1, 0.15) is 48.2 Å². The van der Waals surface area contributed by atoms with Gasteiger partial charge in [0.2, 0.25) is 0 Å². The molecule has 0 saturated heterocycles. The first-order valence-electron chi connectivity index (χ1n) is 7.63. The van der Waals surface area contributed by atoms with Gasteiger partial charge >= 0.3 is 0 Å². The van der Waals surface area contributed by atoms with Crippen molar-refractivity contribution in [3.05, 3.63) is 59.5 Å². The van der Waals surface area contributed by atoms with Crippen LogP contribution in [-0.2, 0) is 6.42 Å². The molecule has 1 aliphatic carbocycles. The van der Waals surface area contributed by atoms with Crippen LogP contribution in [0.4, 0.5) is 0 Å². The predicted molar refractivity (Wildman–Crippen MR) is 82.0 cm³/mol. The van der Waals surface area contributed by atoms with Gasteiger partial charge < -0.3 is 9.73 Å². The minimum atomic E-state index is -0.123. The summed E-state index contributed by atoms with van der Waals surface area (Å²) in [7, 11) is 0. The van der Waals surface area contributed by atoms with Crippen LogP contribution in [0.2, 0.25) is 0 Å². The smallest absolute Gasteiger partial charge is 0.287 e. The van der Waals surface area contributed by atoms with E-state index >= 15 is 0 Å². The molecule has 1 heterocycles. The SMILES string of the molecule is CCc1ccc(C(=O)NC(c2ccccc2)C2CC2C)o1. The number of amides is 1. The minimum Gasteiger partial charge on any atom is -0.456 e. The molecule has 1 aromatic carbocycles. The van der Waals surface area contributed by atoms with Gasteiger partial charge in [0.25, 0.3) is 5.91 Å². The average molecular weight is 283 g/mol. The quantitative estimate of drug-likeness (QED) is 0.902. The summed E-state index contributed by atoms with van der Waals surface area (Å²) in [5.74, 6) is 2.32. The van der Waals surface area contributed by atoms with Gasteiger partial charge in [-0.3, -0.25) is 4.79 Å². The van der Waals surface area contributed by atoms with Crippen molar-refractivity contribution in [1.29, 1.82) is 0 Å². The Kier molecular flexibility index (Phi) is 3.82. The molecule has 21 heavy (non-hydrogen) atoms. The molecule has 1 fully saturated rings. The van der Waals surface area contributed by atoms with Crippen molar-refractivity contribution in [3.63, 3.8) is 0 Å². The number of carbonyl (C=O) groups excluding carboxylic acids is 1. The van der Waals surface area contributed by atoms with Crippen molar-refractivity contribution >= 4 is 5.91 Å². The number of aryl methyl sites for hydroxylation is 1. The standard InChI is InChI=1S/C18H21NO2/c1-3-14-9-10-16(21-14)18(20)19-17(15-11-12(15)2)13-7-5-4-6-8-13/h4-10,12,15,17H,3,11H2,1-2H3,(H,19,20). The lowest BCUT2D eigenvalue weighted by atomic mass is 10.0. The van der Waals surface area contributed by atoms with E-state index in [-0.39, 0.29) is 11.9 Å². The third-order valence-corrected chi connectivity index (χ3v) is 4.28. The molecule has 110 valence electrons. The Morgan fingerprint density at radius 2 is 2.00 bits per heavy atom. The van der Waals surface area contributed by atoms with Gasteiger partial charge in [-0.2, -0.15) is 0 Å². The van der Waals surface area contributed by atoms with Gasteiger partial charge in [-0.15, -0.1) is 0 Å². The maximum Gasteiger partial charge on any atom is 0.287 e. The molecule has 3 nitrogen and oxygen atoms in total. The Hall–Kier alpha value is -2.03. The molecule has 3 heteroatoms. The first kappa shape index (κ1) is 13.9. The fourth-order valence-electron chi connectivity index (χ4n) is 2.82. The van der Waals surface area contributed by atoms with Gasteiger partial charge in [-0.25, -0.2) is 0 Å². The summed E-state index contributed by atoms with van der Waals surface area (Å²) in [6.45, 7) is 4.24. The molecule has 1 saturated carbocycles. The molecule has 0 aliphatic heterocycles. The van der Waals surface area contributed by atoms with Crippen molar-refractivity contribution in [2.45, 2.75) is 32.7 Å². The van der Waals surface area contributed by atoms with E-state index in [2.05, 4.69) is 24.4 Å². The summed E-state index contributed by atoms with van der Waals surface area (Å²) >= 11 is 0. The topological polar surface area (TPSA) is 42.2 Å². The maximum atomic E-state index is 12.4. The summed E-state index contributed by atoms with van der Waals surface area (Å²) in [6.07, 6.45) is 1.97. The highest BCUT2D eigenvalue weighted by atomic mass is 16.3. The van der Waals surface area contributed by atoms with Gasteiger partial charge in [-0.1, -0.05) is 44.2 Å². The van der Waals surface area contributed by atoms with E-state index in [1.165, 1.54) is 5.56 Å². The van der Waals surface area contributed by atoms with E-state index < -0.39 is 0 Å². The minimum absolute atomic E-state index is 0.0730. The molecule has 1 aliphatic rings. The Morgan fingerprint density at radius 3 is 2.57 bits per heavy atom. The lowest BCUT2D eigenvalue weighted by molar-refractivity contribution is 0.0901. The first-order chi connectivity index (χ1) is 10.2. The van der Waals surface area contributed by atoms with Crippen molar-refractivity contribution in [3.8, 4) is 0 Å². The Labute approximate surface area is 125 Å². The normalized spacial score (nSPS) is 21.8. The largest absolute Gasteiger partial charge is 0.456 e. The fraction of sp³-hybridized carbons (Fsp3) is 0.389. The Morgan fingerprint density at radius 1 is 1.29 bits per heavy atom. The summed E-state index contributed by atoms with van der Waals surface area (Å²) in [5, 5.41) is 3.15. The van der Waals surface area contributed by atoms with Gasteiger partial charge in [0, 0.05) is 6.42 Å². The van der Waals surface area contributed by atoms with Crippen molar-refractivity contribution in [1.82, 2.24) is 5.32 Å². The van der Waals surface area contributed by atoms with E-state index in [9.17, 15) is 4.79 Å². The Bertz CT molecular complexity index is 617. The second-order valence-corrected chi connectivity index (χ2v) is 5.86. The van der Waals surface area contributed by atoms with Crippen LogP contribution >= 0.6 is 0 Å². The van der Waals surface area contributed by atoms with E-state index in [4.69, 9.17) is 4.42 Å². The monoisotopic (exact) mass is 283 g/mol. The summed E-state index contributed by atoms with van der Waals surface area (Å²) < 4.78 is 5.55. The van der Waals surface area contributed by atoms with Crippen molar-refractivity contribution in [2.24, 2.45) is 11.8 Å². The predicted octanol–water partition coefficient (Wildman–Crippen LogP) is 3.97. The lowest BCUT2D eigenvalue weighted by Gasteiger charge is -2.18. The average Bonchev–Trinajstić information content (AvgIpc) is 3.04. The molecule has 3 unspecified atom stereocenters. The van der Waals surface area contributed by atoms with Crippen LogP contribution in [0.15, 0.2) is 46.9 Å². The lowest BCUT2D eigenvalue weighted by Crippen LogP contribution is -2.30. The number of nitrogens with one attached hydrogen (secondary N) is 1. The highest BCUT2D eigenvalue weighted by molar-refractivity contribution is 5.91. The molecular formula is C18H21NO2. The highest BCUT2D eigenvalue weighted by Crippen LogP contribution is 2.47. The van der Waals surface area contributed by atoms with Crippen LogP contribution < -0.4 is 5.32 Å². The van der Waals surface area contributed by atoms with Crippen LogP contribution in [0.3, 0.4) is 0 Å². The molecule has 0 spiro atoms. The van der Waals surface area contributed by atoms with E-state index in [1.807, 2.05) is 31.2 Å². The zero-order valence-corrected chi connectivity index (χ0v) is 12.5. The summed E-state index contributed by atoms with van der Waals surface area (Å²) in [5.41, 5.74) is 1.17. The zero-order chi connectivity index (χ0) is 14.8. The van der Waals surface area contributed by atoms with Gasteiger partial charge in [0.1, 0.15) is 5.76 Å². The highest BCUT2D eigenvalue weighted by Gasteiger charge is 2.41. The molecule has 1 N–H and O–H groups in total. The number of rotatable bonds is 5. The molecule has 0 radical (unpaired) electrons. The third kappa shape index (κ3) is 3.02. The number of hydrogen-bond donors (Lipinski definition) is 1.